The summed E-state index contributed by atoms with van der Waals surface area (Å²) >= 11 is 5.69. The molecule has 3 rings (SSSR count). The number of likely N-dealkylation sites (tertiary alicyclic amines) is 1. The van der Waals surface area contributed by atoms with Gasteiger partial charge in [0.05, 0.1) is 5.56 Å². The van der Waals surface area contributed by atoms with Gasteiger partial charge in [-0.1, -0.05) is 17.7 Å². The van der Waals surface area contributed by atoms with E-state index in [4.69, 9.17) is 16.3 Å². The molecule has 0 unspecified atom stereocenters. The molecule has 0 radical (unpaired) electrons. The number of carbonyl (C=O) groups is 2. The Morgan fingerprint density at radius 1 is 1.15 bits per heavy atom. The average molecular weight is 377 g/mol. The lowest BCUT2D eigenvalue weighted by Gasteiger charge is -2.15. The standard InChI is InChI=1S/C19H18ClFN2O3/c20-13-6-7-16(17(21)10-13)19(25)22-14-4-3-5-15(11-14)26-12-18(24)23-8-1-2-9-23/h3-7,10-11H,1-2,8-9,12H2,(H,22,25). The lowest BCUT2D eigenvalue weighted by molar-refractivity contribution is -0.132. The van der Waals surface area contributed by atoms with Crippen LogP contribution in [0.3, 0.4) is 0 Å². The van der Waals surface area contributed by atoms with Crippen molar-refractivity contribution in [1.29, 1.82) is 0 Å². The summed E-state index contributed by atoms with van der Waals surface area (Å²) in [5, 5.41) is 2.82. The van der Waals surface area contributed by atoms with Crippen LogP contribution in [0.15, 0.2) is 42.5 Å². The molecule has 1 heterocycles. The number of nitrogens with zero attached hydrogens (tertiary/aromatic N) is 1. The zero-order valence-electron chi connectivity index (χ0n) is 14.0. The van der Waals surface area contributed by atoms with Crippen LogP contribution in [-0.4, -0.2) is 36.4 Å². The van der Waals surface area contributed by atoms with Gasteiger partial charge in [-0.15, -0.1) is 0 Å². The fourth-order valence-corrected chi connectivity index (χ4v) is 2.90. The maximum Gasteiger partial charge on any atom is 0.260 e. The second-order valence-corrected chi connectivity index (χ2v) is 6.42. The van der Waals surface area contributed by atoms with Gasteiger partial charge in [0.2, 0.25) is 0 Å². The molecule has 2 aromatic carbocycles. The third kappa shape index (κ3) is 4.52. The molecule has 5 nitrogen and oxygen atoms in total. The Morgan fingerprint density at radius 2 is 1.92 bits per heavy atom. The first-order valence-electron chi connectivity index (χ1n) is 8.30. The van der Waals surface area contributed by atoms with Crippen molar-refractivity contribution >= 4 is 29.1 Å². The highest BCUT2D eigenvalue weighted by Gasteiger charge is 2.18. The van der Waals surface area contributed by atoms with E-state index >= 15 is 0 Å². The third-order valence-corrected chi connectivity index (χ3v) is 4.32. The number of amides is 2. The number of ether oxygens (including phenoxy) is 1. The van der Waals surface area contributed by atoms with Crippen molar-refractivity contribution in [3.8, 4) is 5.75 Å². The molecule has 136 valence electrons. The van der Waals surface area contributed by atoms with Crippen LogP contribution in [0, 0.1) is 5.82 Å². The van der Waals surface area contributed by atoms with Crippen LogP contribution in [0.5, 0.6) is 5.75 Å². The summed E-state index contributed by atoms with van der Waals surface area (Å²) in [6, 6.07) is 10.5. The molecule has 0 aromatic heterocycles. The predicted molar refractivity (Wildman–Crippen MR) is 97.1 cm³/mol. The van der Waals surface area contributed by atoms with Crippen molar-refractivity contribution in [1.82, 2.24) is 4.90 Å². The van der Waals surface area contributed by atoms with Gasteiger partial charge in [0.25, 0.3) is 11.8 Å². The minimum absolute atomic E-state index is 0.0524. The Kier molecular flexibility index (Phi) is 5.73. The first-order chi connectivity index (χ1) is 12.5. The van der Waals surface area contributed by atoms with E-state index in [0.717, 1.165) is 32.0 Å². The second-order valence-electron chi connectivity index (χ2n) is 5.98. The first kappa shape index (κ1) is 18.2. The Morgan fingerprint density at radius 3 is 2.65 bits per heavy atom. The molecule has 0 bridgehead atoms. The van der Waals surface area contributed by atoms with Crippen LogP contribution in [0.4, 0.5) is 10.1 Å². The summed E-state index contributed by atoms with van der Waals surface area (Å²) in [5.74, 6) is -0.893. The molecular formula is C19H18ClFN2O3. The highest BCUT2D eigenvalue weighted by Crippen LogP contribution is 2.20. The van der Waals surface area contributed by atoms with Gasteiger partial charge in [-0.05, 0) is 43.2 Å². The molecule has 7 heteroatoms. The largest absolute Gasteiger partial charge is 0.484 e. The zero-order valence-corrected chi connectivity index (χ0v) is 14.8. The minimum atomic E-state index is -0.696. The zero-order chi connectivity index (χ0) is 18.5. The van der Waals surface area contributed by atoms with Crippen molar-refractivity contribution in [3.05, 3.63) is 58.9 Å². The van der Waals surface area contributed by atoms with Gasteiger partial charge in [-0.3, -0.25) is 9.59 Å². The summed E-state index contributed by atoms with van der Waals surface area (Å²) in [5.41, 5.74) is 0.334. The number of carbonyl (C=O) groups excluding carboxylic acids is 2. The summed E-state index contributed by atoms with van der Waals surface area (Å²) in [6.45, 7) is 1.49. The van der Waals surface area contributed by atoms with E-state index < -0.39 is 11.7 Å². The number of rotatable bonds is 5. The topological polar surface area (TPSA) is 58.6 Å². The van der Waals surface area contributed by atoms with Crippen molar-refractivity contribution in [2.24, 2.45) is 0 Å². The minimum Gasteiger partial charge on any atom is -0.484 e. The number of nitrogens with one attached hydrogen (secondary N) is 1. The number of hydrogen-bond donors (Lipinski definition) is 1. The van der Waals surface area contributed by atoms with Gasteiger partial charge in [0.1, 0.15) is 11.6 Å². The van der Waals surface area contributed by atoms with Crippen LogP contribution in [-0.2, 0) is 4.79 Å². The molecule has 26 heavy (non-hydrogen) atoms. The summed E-state index contributed by atoms with van der Waals surface area (Å²) in [7, 11) is 0. The predicted octanol–water partition coefficient (Wildman–Crippen LogP) is 3.73. The lowest BCUT2D eigenvalue weighted by atomic mass is 10.2. The molecule has 0 saturated carbocycles. The van der Waals surface area contributed by atoms with Crippen molar-refractivity contribution < 1.29 is 18.7 Å². The van der Waals surface area contributed by atoms with Crippen LogP contribution >= 0.6 is 11.6 Å². The summed E-state index contributed by atoms with van der Waals surface area (Å²) in [4.78, 5) is 26.0. The van der Waals surface area contributed by atoms with Crippen LogP contribution in [0.1, 0.15) is 23.2 Å². The summed E-state index contributed by atoms with van der Waals surface area (Å²) < 4.78 is 19.3. The molecule has 2 amide bonds. The maximum atomic E-state index is 13.8. The highest BCUT2D eigenvalue weighted by atomic mass is 35.5. The smallest absolute Gasteiger partial charge is 0.260 e. The van der Waals surface area contributed by atoms with Gasteiger partial charge in [-0.25, -0.2) is 4.39 Å². The monoisotopic (exact) mass is 376 g/mol. The van der Waals surface area contributed by atoms with Crippen LogP contribution in [0.2, 0.25) is 5.02 Å². The Hall–Kier alpha value is -2.60. The van der Waals surface area contributed by atoms with Gasteiger partial charge in [0.15, 0.2) is 6.61 Å². The molecular weight excluding hydrogens is 359 g/mol. The molecule has 1 N–H and O–H groups in total. The highest BCUT2D eigenvalue weighted by molar-refractivity contribution is 6.30. The molecule has 0 atom stereocenters. The SMILES string of the molecule is O=C(Nc1cccc(OCC(=O)N2CCCC2)c1)c1ccc(Cl)cc1F. The van der Waals surface area contributed by atoms with E-state index in [2.05, 4.69) is 5.32 Å². The van der Waals surface area contributed by atoms with Crippen molar-refractivity contribution in [3.63, 3.8) is 0 Å². The van der Waals surface area contributed by atoms with Gasteiger partial charge in [0, 0.05) is 29.9 Å². The Balaban J connectivity index is 1.61. The van der Waals surface area contributed by atoms with Gasteiger partial charge < -0.3 is 15.0 Å². The molecule has 0 spiro atoms. The number of benzene rings is 2. The van der Waals surface area contributed by atoms with E-state index in [1.165, 1.54) is 12.1 Å². The maximum absolute atomic E-state index is 13.8. The van der Waals surface area contributed by atoms with E-state index in [0.29, 0.717) is 11.4 Å². The Bertz CT molecular complexity index is 822. The first-order valence-corrected chi connectivity index (χ1v) is 8.68. The average Bonchev–Trinajstić information content (AvgIpc) is 3.14. The van der Waals surface area contributed by atoms with Crippen molar-refractivity contribution in [2.75, 3.05) is 25.0 Å². The molecule has 0 aliphatic carbocycles. The van der Waals surface area contributed by atoms with Gasteiger partial charge >= 0.3 is 0 Å². The number of anilines is 1. The quantitative estimate of drug-likeness (QED) is 0.865. The van der Waals surface area contributed by atoms with Crippen LogP contribution in [0.25, 0.3) is 0 Å². The summed E-state index contributed by atoms with van der Waals surface area (Å²) in [6.07, 6.45) is 2.04. The number of halogens is 2. The molecule has 1 saturated heterocycles. The molecule has 1 fully saturated rings. The second kappa shape index (κ2) is 8.19. The number of hydrogen-bond acceptors (Lipinski definition) is 3. The fourth-order valence-electron chi connectivity index (χ4n) is 2.74. The lowest BCUT2D eigenvalue weighted by Crippen LogP contribution is -2.32. The fraction of sp³-hybridized carbons (Fsp3) is 0.263. The van der Waals surface area contributed by atoms with Crippen molar-refractivity contribution in [2.45, 2.75) is 12.8 Å². The van der Waals surface area contributed by atoms with E-state index in [1.54, 1.807) is 29.2 Å². The normalized spacial score (nSPS) is 13.5. The third-order valence-electron chi connectivity index (χ3n) is 4.09. The van der Waals surface area contributed by atoms with Crippen LogP contribution < -0.4 is 10.1 Å². The molecule has 1 aliphatic heterocycles. The Labute approximate surface area is 155 Å². The van der Waals surface area contributed by atoms with E-state index in [-0.39, 0.29) is 23.1 Å². The van der Waals surface area contributed by atoms with E-state index in [9.17, 15) is 14.0 Å². The molecule has 1 aliphatic rings. The molecule has 2 aromatic rings. The van der Waals surface area contributed by atoms with E-state index in [1.807, 2.05) is 0 Å². The van der Waals surface area contributed by atoms with Gasteiger partial charge in [-0.2, -0.15) is 0 Å².